The molecule has 0 unspecified atom stereocenters. The molecule has 1 aliphatic rings. The maximum absolute atomic E-state index is 12.9. The molecule has 5 heteroatoms. The Balaban J connectivity index is 2.03. The molecule has 0 aromatic heterocycles. The van der Waals surface area contributed by atoms with Crippen LogP contribution in [0.3, 0.4) is 0 Å². The van der Waals surface area contributed by atoms with Crippen molar-refractivity contribution in [3.63, 3.8) is 0 Å². The van der Waals surface area contributed by atoms with Gasteiger partial charge in [-0.05, 0) is 17.7 Å². The molecule has 0 saturated carbocycles. The van der Waals surface area contributed by atoms with Crippen LogP contribution in [0.15, 0.2) is 24.3 Å². The molecule has 0 bridgehead atoms. The summed E-state index contributed by atoms with van der Waals surface area (Å²) in [5.41, 5.74) is 0.704. The number of cyclic esters (lactones) is 1. The molecule has 1 N–H and O–H groups in total. The molecular weight excluding hydrogens is 213 g/mol. The minimum absolute atomic E-state index is 0.189. The highest BCUT2D eigenvalue weighted by atomic mass is 19.1. The Labute approximate surface area is 92.2 Å². The van der Waals surface area contributed by atoms with Gasteiger partial charge in [0, 0.05) is 6.54 Å². The second-order valence-corrected chi connectivity index (χ2v) is 3.70. The van der Waals surface area contributed by atoms with Crippen LogP contribution in [0.5, 0.6) is 0 Å². The van der Waals surface area contributed by atoms with Crippen molar-refractivity contribution in [2.45, 2.75) is 12.6 Å². The van der Waals surface area contributed by atoms with Gasteiger partial charge in [-0.15, -0.1) is 0 Å². The zero-order chi connectivity index (χ0) is 11.5. The number of rotatable bonds is 3. The predicted molar refractivity (Wildman–Crippen MR) is 54.2 cm³/mol. The number of ether oxygens (including phenoxy) is 1. The number of benzene rings is 1. The van der Waals surface area contributed by atoms with Crippen molar-refractivity contribution in [2.24, 2.45) is 0 Å². The highest BCUT2D eigenvalue weighted by Crippen LogP contribution is 2.15. The lowest BCUT2D eigenvalue weighted by atomic mass is 10.2. The quantitative estimate of drug-likeness (QED) is 0.839. The molecule has 0 spiro atoms. The number of aliphatic hydroxyl groups is 1. The molecule has 0 aliphatic carbocycles. The Bertz CT molecular complexity index is 397. The van der Waals surface area contributed by atoms with Gasteiger partial charge in [-0.1, -0.05) is 12.1 Å². The Kier molecular flexibility index (Phi) is 3.05. The highest BCUT2D eigenvalue weighted by Gasteiger charge is 2.30. The lowest BCUT2D eigenvalue weighted by Crippen LogP contribution is -2.25. The number of nitrogens with zero attached hydrogens (tertiary/aromatic N) is 1. The van der Waals surface area contributed by atoms with Gasteiger partial charge in [-0.25, -0.2) is 9.18 Å². The maximum atomic E-state index is 12.9. The SMILES string of the molecule is O=C1O[C@@H](CO)CN1Cc1cccc(F)c1. The molecule has 0 radical (unpaired) electrons. The smallest absolute Gasteiger partial charge is 0.410 e. The molecule has 2 rings (SSSR count). The molecular formula is C11H12FNO3. The second kappa shape index (κ2) is 4.49. The topological polar surface area (TPSA) is 49.8 Å². The van der Waals surface area contributed by atoms with Crippen molar-refractivity contribution in [1.29, 1.82) is 0 Å². The Hall–Kier alpha value is -1.62. The van der Waals surface area contributed by atoms with Gasteiger partial charge < -0.3 is 14.7 Å². The molecule has 1 atom stereocenters. The first-order valence-electron chi connectivity index (χ1n) is 5.00. The predicted octanol–water partition coefficient (Wildman–Crippen LogP) is 1.14. The largest absolute Gasteiger partial charge is 0.442 e. The van der Waals surface area contributed by atoms with Crippen LogP contribution in [0.1, 0.15) is 5.56 Å². The van der Waals surface area contributed by atoms with E-state index in [9.17, 15) is 9.18 Å². The summed E-state index contributed by atoms with van der Waals surface area (Å²) in [7, 11) is 0. The van der Waals surface area contributed by atoms with Gasteiger partial charge in [-0.2, -0.15) is 0 Å². The average molecular weight is 225 g/mol. The first kappa shape index (κ1) is 10.9. The molecule has 4 nitrogen and oxygen atoms in total. The fourth-order valence-electron chi connectivity index (χ4n) is 1.65. The Morgan fingerprint density at radius 2 is 2.38 bits per heavy atom. The number of carbonyl (C=O) groups excluding carboxylic acids is 1. The third-order valence-corrected chi connectivity index (χ3v) is 2.42. The Morgan fingerprint density at radius 3 is 3.00 bits per heavy atom. The van der Waals surface area contributed by atoms with E-state index in [-0.39, 0.29) is 12.4 Å². The standard InChI is InChI=1S/C11H12FNO3/c12-9-3-1-2-8(4-9)5-13-6-10(7-14)16-11(13)15/h1-4,10,14H,5-7H2/t10-/m1/s1. The first-order chi connectivity index (χ1) is 7.69. The van der Waals surface area contributed by atoms with Gasteiger partial charge in [-0.3, -0.25) is 0 Å². The summed E-state index contributed by atoms with van der Waals surface area (Å²) in [6, 6.07) is 6.06. The van der Waals surface area contributed by atoms with E-state index in [2.05, 4.69) is 0 Å². The van der Waals surface area contributed by atoms with E-state index < -0.39 is 12.2 Å². The van der Waals surface area contributed by atoms with Gasteiger partial charge in [0.15, 0.2) is 0 Å². The van der Waals surface area contributed by atoms with Crippen molar-refractivity contribution in [3.8, 4) is 0 Å². The summed E-state index contributed by atoms with van der Waals surface area (Å²) in [5.74, 6) is -0.330. The number of amides is 1. The third-order valence-electron chi connectivity index (χ3n) is 2.42. The number of halogens is 1. The van der Waals surface area contributed by atoms with Crippen molar-refractivity contribution in [2.75, 3.05) is 13.2 Å². The minimum Gasteiger partial charge on any atom is -0.442 e. The van der Waals surface area contributed by atoms with Crippen LogP contribution in [0.4, 0.5) is 9.18 Å². The van der Waals surface area contributed by atoms with Crippen LogP contribution in [0.2, 0.25) is 0 Å². The third kappa shape index (κ3) is 2.30. The van der Waals surface area contributed by atoms with E-state index in [4.69, 9.17) is 9.84 Å². The lowest BCUT2D eigenvalue weighted by Gasteiger charge is -2.12. The molecule has 16 heavy (non-hydrogen) atoms. The zero-order valence-electron chi connectivity index (χ0n) is 8.60. The number of hydrogen-bond acceptors (Lipinski definition) is 3. The van der Waals surface area contributed by atoms with Crippen molar-refractivity contribution in [3.05, 3.63) is 35.6 Å². The van der Waals surface area contributed by atoms with Gasteiger partial charge in [0.25, 0.3) is 0 Å². The van der Waals surface area contributed by atoms with E-state index in [1.807, 2.05) is 0 Å². The van der Waals surface area contributed by atoms with Gasteiger partial charge in [0.05, 0.1) is 13.2 Å². The highest BCUT2D eigenvalue weighted by molar-refractivity contribution is 5.69. The Morgan fingerprint density at radius 1 is 1.56 bits per heavy atom. The maximum Gasteiger partial charge on any atom is 0.410 e. The first-order valence-corrected chi connectivity index (χ1v) is 5.00. The number of hydrogen-bond donors (Lipinski definition) is 1. The fraction of sp³-hybridized carbons (Fsp3) is 0.364. The normalized spacial score (nSPS) is 20.0. The van der Waals surface area contributed by atoms with Crippen LogP contribution < -0.4 is 0 Å². The molecule has 1 aromatic rings. The van der Waals surface area contributed by atoms with Gasteiger partial charge >= 0.3 is 6.09 Å². The summed E-state index contributed by atoms with van der Waals surface area (Å²) in [6.07, 6.45) is -0.940. The minimum atomic E-state index is -0.471. The number of aliphatic hydroxyl groups excluding tert-OH is 1. The molecule has 86 valence electrons. The zero-order valence-corrected chi connectivity index (χ0v) is 8.60. The van der Waals surface area contributed by atoms with Crippen molar-refractivity contribution >= 4 is 6.09 Å². The van der Waals surface area contributed by atoms with Crippen LogP contribution in [0.25, 0.3) is 0 Å². The van der Waals surface area contributed by atoms with Gasteiger partial charge in [0.1, 0.15) is 11.9 Å². The number of carbonyl (C=O) groups is 1. The van der Waals surface area contributed by atoms with E-state index >= 15 is 0 Å². The average Bonchev–Trinajstić information content (AvgIpc) is 2.60. The van der Waals surface area contributed by atoms with Gasteiger partial charge in [0.2, 0.25) is 0 Å². The molecule has 1 aromatic carbocycles. The molecule has 1 saturated heterocycles. The van der Waals surface area contributed by atoms with Crippen LogP contribution >= 0.6 is 0 Å². The summed E-state index contributed by atoms with van der Waals surface area (Å²) in [5, 5.41) is 8.85. The monoisotopic (exact) mass is 225 g/mol. The van der Waals surface area contributed by atoms with Crippen LogP contribution in [0, 0.1) is 5.82 Å². The van der Waals surface area contributed by atoms with E-state index in [1.54, 1.807) is 12.1 Å². The lowest BCUT2D eigenvalue weighted by molar-refractivity contribution is 0.0947. The van der Waals surface area contributed by atoms with Crippen molar-refractivity contribution < 1.29 is 19.0 Å². The summed E-state index contributed by atoms with van der Waals surface area (Å²) >= 11 is 0. The molecule has 1 aliphatic heterocycles. The van der Waals surface area contributed by atoms with Crippen LogP contribution in [-0.2, 0) is 11.3 Å². The molecule has 1 fully saturated rings. The molecule has 1 amide bonds. The van der Waals surface area contributed by atoms with E-state index in [0.717, 1.165) is 0 Å². The summed E-state index contributed by atoms with van der Waals surface area (Å²) < 4.78 is 17.8. The summed E-state index contributed by atoms with van der Waals surface area (Å²) in [4.78, 5) is 12.8. The second-order valence-electron chi connectivity index (χ2n) is 3.70. The fourth-order valence-corrected chi connectivity index (χ4v) is 1.65. The van der Waals surface area contributed by atoms with Crippen molar-refractivity contribution in [1.82, 2.24) is 4.90 Å². The van der Waals surface area contributed by atoms with Crippen LogP contribution in [-0.4, -0.2) is 35.4 Å². The molecule has 1 heterocycles. The van der Waals surface area contributed by atoms with E-state index in [1.165, 1.54) is 17.0 Å². The van der Waals surface area contributed by atoms with E-state index in [0.29, 0.717) is 18.7 Å². The summed E-state index contributed by atoms with van der Waals surface area (Å²) in [6.45, 7) is 0.449.